The summed E-state index contributed by atoms with van der Waals surface area (Å²) in [7, 11) is 0. The highest BCUT2D eigenvalue weighted by Crippen LogP contribution is 2.09. The molecule has 2 heterocycles. The highest BCUT2D eigenvalue weighted by atomic mass is 16.1. The lowest BCUT2D eigenvalue weighted by molar-refractivity contribution is 0.100. The molecule has 0 amide bonds. The minimum absolute atomic E-state index is 0.0411. The maximum Gasteiger partial charge on any atom is 0.283 e. The van der Waals surface area contributed by atoms with Crippen molar-refractivity contribution in [3.63, 3.8) is 0 Å². The number of carbonyl (C=O) groups excluding carboxylic acids is 1. The third kappa shape index (κ3) is 1.82. The quantitative estimate of drug-likeness (QED) is 0.631. The number of fused-ring (bicyclic) bond motifs is 1. The summed E-state index contributed by atoms with van der Waals surface area (Å²) in [5.74, 6) is 0.398. The molecule has 1 aliphatic heterocycles. The molecule has 0 aromatic carbocycles. The number of carbonyl (C=O) groups is 1. The third-order valence-electron chi connectivity index (χ3n) is 2.64. The maximum absolute atomic E-state index is 11.8. The zero-order chi connectivity index (χ0) is 10.8. The molecule has 0 atom stereocenters. The first-order chi connectivity index (χ1) is 7.20. The van der Waals surface area contributed by atoms with Gasteiger partial charge in [-0.3, -0.25) is 14.2 Å². The molecule has 1 aromatic heterocycles. The fourth-order valence-corrected chi connectivity index (χ4v) is 1.82. The van der Waals surface area contributed by atoms with Crippen LogP contribution in [0.1, 0.15) is 42.5 Å². The second-order valence-electron chi connectivity index (χ2n) is 3.79. The molecule has 0 radical (unpaired) electrons. The number of Topliss-reactive ketones (excluding diaryl/α,β-unsaturated/α-hetero) is 1. The number of aryl methyl sites for hydroxylation is 1. The van der Waals surface area contributed by atoms with Crippen molar-refractivity contribution in [2.75, 3.05) is 0 Å². The van der Waals surface area contributed by atoms with Gasteiger partial charge in [-0.15, -0.1) is 10.2 Å². The van der Waals surface area contributed by atoms with Gasteiger partial charge in [-0.2, -0.15) is 0 Å². The van der Waals surface area contributed by atoms with Crippen molar-refractivity contribution in [3.05, 3.63) is 21.9 Å². The van der Waals surface area contributed by atoms with Crippen LogP contribution in [-0.4, -0.2) is 20.5 Å². The molecule has 5 heteroatoms. The molecule has 0 N–H and O–H groups in total. The van der Waals surface area contributed by atoms with Crippen LogP contribution in [0.25, 0.3) is 0 Å². The van der Waals surface area contributed by atoms with Crippen molar-refractivity contribution >= 4 is 5.78 Å². The Morgan fingerprint density at radius 2 is 2.07 bits per heavy atom. The SMILES string of the molecule is CC(=O)c1nnc2n(c1=O)CCCCC2. The van der Waals surface area contributed by atoms with Crippen LogP contribution < -0.4 is 5.56 Å². The smallest absolute Gasteiger partial charge is 0.283 e. The van der Waals surface area contributed by atoms with Crippen LogP contribution in [0, 0.1) is 0 Å². The van der Waals surface area contributed by atoms with E-state index in [0.29, 0.717) is 12.4 Å². The van der Waals surface area contributed by atoms with E-state index in [1.165, 1.54) is 6.92 Å². The predicted octanol–water partition coefficient (Wildman–Crippen LogP) is 0.567. The second kappa shape index (κ2) is 3.92. The second-order valence-corrected chi connectivity index (χ2v) is 3.79. The number of aromatic nitrogens is 3. The van der Waals surface area contributed by atoms with Crippen LogP contribution in [0.5, 0.6) is 0 Å². The number of hydrogen-bond acceptors (Lipinski definition) is 4. The van der Waals surface area contributed by atoms with Crippen LogP contribution >= 0.6 is 0 Å². The van der Waals surface area contributed by atoms with Crippen molar-refractivity contribution in [2.24, 2.45) is 0 Å². The Morgan fingerprint density at radius 1 is 1.27 bits per heavy atom. The van der Waals surface area contributed by atoms with Crippen molar-refractivity contribution in [2.45, 2.75) is 39.2 Å². The third-order valence-corrected chi connectivity index (χ3v) is 2.64. The summed E-state index contributed by atoms with van der Waals surface area (Å²) in [6, 6.07) is 0. The van der Waals surface area contributed by atoms with Crippen molar-refractivity contribution in [1.29, 1.82) is 0 Å². The molecule has 0 aliphatic carbocycles. The van der Waals surface area contributed by atoms with Crippen molar-refractivity contribution in [3.8, 4) is 0 Å². The van der Waals surface area contributed by atoms with Crippen LogP contribution in [0.3, 0.4) is 0 Å². The summed E-state index contributed by atoms with van der Waals surface area (Å²) in [5.41, 5.74) is -0.324. The molecule has 0 unspecified atom stereocenters. The highest BCUT2D eigenvalue weighted by Gasteiger charge is 2.16. The van der Waals surface area contributed by atoms with E-state index < -0.39 is 0 Å². The molecule has 15 heavy (non-hydrogen) atoms. The standard InChI is InChI=1S/C10H13N3O2/c1-7(14)9-10(15)13-6-4-2-3-5-8(13)11-12-9/h2-6H2,1H3. The number of nitrogens with zero attached hydrogens (tertiary/aromatic N) is 3. The van der Waals surface area contributed by atoms with E-state index in [1.807, 2.05) is 0 Å². The Bertz CT molecular complexity index is 450. The Balaban J connectivity index is 2.56. The molecule has 0 saturated heterocycles. The first-order valence-electron chi connectivity index (χ1n) is 5.17. The Kier molecular flexibility index (Phi) is 2.62. The minimum atomic E-state index is -0.313. The highest BCUT2D eigenvalue weighted by molar-refractivity contribution is 5.91. The molecule has 0 saturated carbocycles. The van der Waals surface area contributed by atoms with Gasteiger partial charge in [-0.05, 0) is 12.8 Å². The van der Waals surface area contributed by atoms with Crippen molar-refractivity contribution in [1.82, 2.24) is 14.8 Å². The van der Waals surface area contributed by atoms with E-state index in [1.54, 1.807) is 4.57 Å². The van der Waals surface area contributed by atoms with E-state index in [2.05, 4.69) is 10.2 Å². The molecule has 80 valence electrons. The lowest BCUT2D eigenvalue weighted by Gasteiger charge is -2.07. The molecule has 2 rings (SSSR count). The van der Waals surface area contributed by atoms with E-state index in [4.69, 9.17) is 0 Å². The normalized spacial score (nSPS) is 15.5. The first-order valence-corrected chi connectivity index (χ1v) is 5.17. The molecule has 0 bridgehead atoms. The zero-order valence-corrected chi connectivity index (χ0v) is 8.69. The summed E-state index contributed by atoms with van der Waals surface area (Å²) in [6.07, 6.45) is 3.88. The Hall–Kier alpha value is -1.52. The average molecular weight is 207 g/mol. The molecule has 1 aromatic rings. The van der Waals surface area contributed by atoms with E-state index in [0.717, 1.165) is 25.7 Å². The van der Waals surface area contributed by atoms with Gasteiger partial charge in [0.2, 0.25) is 0 Å². The summed E-state index contributed by atoms with van der Waals surface area (Å²) in [6.45, 7) is 2.00. The lowest BCUT2D eigenvalue weighted by atomic mass is 10.2. The van der Waals surface area contributed by atoms with Crippen LogP contribution in [0.2, 0.25) is 0 Å². The molecule has 0 fully saturated rings. The summed E-state index contributed by atoms with van der Waals surface area (Å²) < 4.78 is 1.59. The van der Waals surface area contributed by atoms with Gasteiger partial charge >= 0.3 is 0 Å². The van der Waals surface area contributed by atoms with Gasteiger partial charge in [0.15, 0.2) is 11.5 Å². The zero-order valence-electron chi connectivity index (χ0n) is 8.69. The van der Waals surface area contributed by atoms with E-state index in [9.17, 15) is 9.59 Å². The van der Waals surface area contributed by atoms with Crippen LogP contribution in [0.15, 0.2) is 4.79 Å². The summed E-state index contributed by atoms with van der Waals surface area (Å²) >= 11 is 0. The molecule has 0 spiro atoms. The van der Waals surface area contributed by atoms with Gasteiger partial charge in [0.25, 0.3) is 5.56 Å². The molecular weight excluding hydrogens is 194 g/mol. The van der Waals surface area contributed by atoms with Crippen LogP contribution in [-0.2, 0) is 13.0 Å². The van der Waals surface area contributed by atoms with E-state index >= 15 is 0 Å². The molecular formula is C10H13N3O2. The fourth-order valence-electron chi connectivity index (χ4n) is 1.82. The fraction of sp³-hybridized carbons (Fsp3) is 0.600. The number of hydrogen-bond donors (Lipinski definition) is 0. The lowest BCUT2D eigenvalue weighted by Crippen LogP contribution is -2.30. The maximum atomic E-state index is 11.8. The van der Waals surface area contributed by atoms with E-state index in [-0.39, 0.29) is 17.0 Å². The van der Waals surface area contributed by atoms with Gasteiger partial charge in [0.1, 0.15) is 5.82 Å². The number of rotatable bonds is 1. The molecule has 1 aliphatic rings. The van der Waals surface area contributed by atoms with Gasteiger partial charge in [-0.1, -0.05) is 6.42 Å². The first kappa shape index (κ1) is 10.0. The van der Waals surface area contributed by atoms with Crippen molar-refractivity contribution < 1.29 is 4.79 Å². The summed E-state index contributed by atoms with van der Waals surface area (Å²) in [4.78, 5) is 23.0. The number of ketones is 1. The van der Waals surface area contributed by atoms with Gasteiger partial charge in [-0.25, -0.2) is 0 Å². The topological polar surface area (TPSA) is 64.8 Å². The average Bonchev–Trinajstić information content (AvgIpc) is 2.43. The Labute approximate surface area is 87.1 Å². The minimum Gasteiger partial charge on any atom is -0.293 e. The monoisotopic (exact) mass is 207 g/mol. The summed E-state index contributed by atoms with van der Waals surface area (Å²) in [5, 5.41) is 7.65. The van der Waals surface area contributed by atoms with Gasteiger partial charge in [0, 0.05) is 19.9 Å². The van der Waals surface area contributed by atoms with Gasteiger partial charge in [0.05, 0.1) is 0 Å². The Morgan fingerprint density at radius 3 is 2.80 bits per heavy atom. The van der Waals surface area contributed by atoms with Crippen LogP contribution in [0.4, 0.5) is 0 Å². The van der Waals surface area contributed by atoms with Gasteiger partial charge < -0.3 is 0 Å². The largest absolute Gasteiger partial charge is 0.293 e. The predicted molar refractivity (Wildman–Crippen MR) is 53.9 cm³/mol. The molecule has 5 nitrogen and oxygen atoms in total.